The van der Waals surface area contributed by atoms with Crippen LogP contribution in [0.4, 0.5) is 5.69 Å². The number of allylic oxidation sites excluding steroid dienone is 1. The molecule has 0 aromatic heterocycles. The number of para-hydroxylation sites is 1. The summed E-state index contributed by atoms with van der Waals surface area (Å²) < 4.78 is 11.3. The zero-order valence-electron chi connectivity index (χ0n) is 21.8. The van der Waals surface area contributed by atoms with Crippen LogP contribution in [0.5, 0.6) is 11.5 Å². The van der Waals surface area contributed by atoms with Crippen LogP contribution in [0.15, 0.2) is 53.7 Å². The maximum absolute atomic E-state index is 13.9. The minimum Gasteiger partial charge on any atom is -0.493 e. The molecule has 0 aliphatic carbocycles. The molecular weight excluding hydrogens is 458 g/mol. The monoisotopic (exact) mass is 495 g/mol. The summed E-state index contributed by atoms with van der Waals surface area (Å²) in [5.41, 5.74) is 4.45. The molecule has 2 atom stereocenters. The van der Waals surface area contributed by atoms with E-state index in [1.165, 1.54) is 5.56 Å². The van der Waals surface area contributed by atoms with Crippen LogP contribution >= 0.6 is 12.2 Å². The van der Waals surface area contributed by atoms with Gasteiger partial charge in [-0.1, -0.05) is 38.1 Å². The van der Waals surface area contributed by atoms with Gasteiger partial charge in [-0.25, -0.2) is 0 Å². The normalized spacial score (nSPS) is 16.6. The van der Waals surface area contributed by atoms with Crippen LogP contribution in [0, 0.1) is 0 Å². The Morgan fingerprint density at radius 1 is 1.09 bits per heavy atom. The van der Waals surface area contributed by atoms with Crippen LogP contribution in [-0.4, -0.2) is 43.2 Å². The SMILES string of the molecule is CC[C@H](C)c1ccc(N2C(=S)N[C@@H](c3cccc(OC)c3OC)C(C(=O)N(CC)CC)=C2C)cc1. The summed E-state index contributed by atoms with van der Waals surface area (Å²) in [6.07, 6.45) is 1.08. The van der Waals surface area contributed by atoms with E-state index in [1.807, 2.05) is 48.8 Å². The molecule has 0 saturated heterocycles. The van der Waals surface area contributed by atoms with Gasteiger partial charge in [-0.05, 0) is 69.1 Å². The van der Waals surface area contributed by atoms with Crippen LogP contribution in [0.3, 0.4) is 0 Å². The molecule has 0 saturated carbocycles. The summed E-state index contributed by atoms with van der Waals surface area (Å²) in [5, 5.41) is 3.97. The smallest absolute Gasteiger partial charge is 0.253 e. The van der Waals surface area contributed by atoms with Gasteiger partial charge in [0.15, 0.2) is 16.6 Å². The molecule has 0 bridgehead atoms. The topological polar surface area (TPSA) is 54.0 Å². The number of carbonyl (C=O) groups is 1. The van der Waals surface area contributed by atoms with Crippen molar-refractivity contribution < 1.29 is 14.3 Å². The van der Waals surface area contributed by atoms with E-state index < -0.39 is 6.04 Å². The number of methoxy groups -OCH3 is 2. The second-order valence-corrected chi connectivity index (χ2v) is 9.06. The van der Waals surface area contributed by atoms with Gasteiger partial charge in [0.05, 0.1) is 25.8 Å². The number of nitrogens with zero attached hydrogens (tertiary/aromatic N) is 2. The fourth-order valence-electron chi connectivity index (χ4n) is 4.57. The lowest BCUT2D eigenvalue weighted by Crippen LogP contribution is -2.50. The second kappa shape index (κ2) is 11.6. The molecule has 1 aliphatic rings. The average Bonchev–Trinajstić information content (AvgIpc) is 2.88. The van der Waals surface area contributed by atoms with Gasteiger partial charge < -0.3 is 19.7 Å². The van der Waals surface area contributed by atoms with Gasteiger partial charge in [0.2, 0.25) is 0 Å². The molecule has 2 aromatic carbocycles. The van der Waals surface area contributed by atoms with Gasteiger partial charge in [0.25, 0.3) is 5.91 Å². The van der Waals surface area contributed by atoms with Crippen molar-refractivity contribution in [2.45, 2.75) is 53.0 Å². The summed E-state index contributed by atoms with van der Waals surface area (Å²) in [6.45, 7) is 11.6. The highest BCUT2D eigenvalue weighted by Gasteiger charge is 2.37. The molecule has 0 radical (unpaired) electrons. The quantitative estimate of drug-likeness (QED) is 0.444. The standard InChI is InChI=1S/C28H37N3O3S/c1-8-18(4)20-14-16-21(17-15-20)31-19(5)24(27(32)30(9-2)10-3)25(29-28(31)35)22-12-11-13-23(33-6)26(22)34-7/h11-18,25H,8-10H2,1-7H3,(H,29,35)/t18-,25-/m0/s1. The van der Waals surface area contributed by atoms with Crippen LogP contribution in [-0.2, 0) is 4.79 Å². The Hall–Kier alpha value is -3.06. The Kier molecular flexibility index (Phi) is 8.78. The zero-order chi connectivity index (χ0) is 25.7. The number of carbonyl (C=O) groups excluding carboxylic acids is 1. The van der Waals surface area contributed by atoms with E-state index >= 15 is 0 Å². The molecular formula is C28H37N3O3S. The minimum absolute atomic E-state index is 0.0291. The fraction of sp³-hybridized carbons (Fsp3) is 0.429. The summed E-state index contributed by atoms with van der Waals surface area (Å²) in [5.74, 6) is 1.64. The first-order valence-electron chi connectivity index (χ1n) is 12.2. The van der Waals surface area contributed by atoms with Crippen molar-refractivity contribution in [2.75, 3.05) is 32.2 Å². The number of amides is 1. The van der Waals surface area contributed by atoms with Crippen LogP contribution in [0.1, 0.15) is 64.1 Å². The van der Waals surface area contributed by atoms with Crippen molar-refractivity contribution in [3.8, 4) is 11.5 Å². The largest absolute Gasteiger partial charge is 0.493 e. The van der Waals surface area contributed by atoms with E-state index in [0.29, 0.717) is 41.2 Å². The number of ether oxygens (including phenoxy) is 2. The molecule has 3 rings (SSSR count). The Bertz CT molecular complexity index is 1090. The number of hydrogen-bond acceptors (Lipinski definition) is 4. The predicted octanol–water partition coefficient (Wildman–Crippen LogP) is 5.80. The molecule has 1 aliphatic heterocycles. The van der Waals surface area contributed by atoms with Crippen molar-refractivity contribution in [3.05, 3.63) is 64.9 Å². The Morgan fingerprint density at radius 3 is 2.29 bits per heavy atom. The summed E-state index contributed by atoms with van der Waals surface area (Å²) in [7, 11) is 3.21. The molecule has 7 heteroatoms. The molecule has 35 heavy (non-hydrogen) atoms. The van der Waals surface area contributed by atoms with E-state index in [9.17, 15) is 4.79 Å². The number of benzene rings is 2. The minimum atomic E-state index is -0.476. The van der Waals surface area contributed by atoms with Crippen LogP contribution < -0.4 is 19.7 Å². The summed E-state index contributed by atoms with van der Waals surface area (Å²) in [4.78, 5) is 17.6. The molecule has 2 aromatic rings. The third kappa shape index (κ3) is 5.15. The Balaban J connectivity index is 2.19. The first-order valence-corrected chi connectivity index (χ1v) is 12.6. The third-order valence-corrected chi connectivity index (χ3v) is 7.14. The van der Waals surface area contributed by atoms with Gasteiger partial charge >= 0.3 is 0 Å². The molecule has 0 spiro atoms. The number of nitrogens with one attached hydrogen (secondary N) is 1. The van der Waals surface area contributed by atoms with Gasteiger partial charge in [-0.15, -0.1) is 0 Å². The van der Waals surface area contributed by atoms with Crippen molar-refractivity contribution in [2.24, 2.45) is 0 Å². The average molecular weight is 496 g/mol. The molecule has 0 unspecified atom stereocenters. The van der Waals surface area contributed by atoms with Gasteiger partial charge in [-0.3, -0.25) is 9.69 Å². The predicted molar refractivity (Wildman–Crippen MR) is 146 cm³/mol. The highest BCUT2D eigenvalue weighted by Crippen LogP contribution is 2.41. The van der Waals surface area contributed by atoms with Crippen molar-refractivity contribution in [1.29, 1.82) is 0 Å². The van der Waals surface area contributed by atoms with E-state index in [0.717, 1.165) is 23.4 Å². The second-order valence-electron chi connectivity index (χ2n) is 8.68. The molecule has 6 nitrogen and oxygen atoms in total. The van der Waals surface area contributed by atoms with Crippen LogP contribution in [0.2, 0.25) is 0 Å². The molecule has 1 amide bonds. The van der Waals surface area contributed by atoms with E-state index in [2.05, 4.69) is 43.4 Å². The summed E-state index contributed by atoms with van der Waals surface area (Å²) in [6, 6.07) is 13.6. The lowest BCUT2D eigenvalue weighted by atomic mass is 9.92. The summed E-state index contributed by atoms with van der Waals surface area (Å²) >= 11 is 5.86. The number of anilines is 1. The number of hydrogen-bond donors (Lipinski definition) is 1. The van der Waals surface area contributed by atoms with E-state index in [4.69, 9.17) is 21.7 Å². The number of thiocarbonyl (C=S) groups is 1. The highest BCUT2D eigenvalue weighted by molar-refractivity contribution is 7.80. The van der Waals surface area contributed by atoms with Crippen LogP contribution in [0.25, 0.3) is 0 Å². The highest BCUT2D eigenvalue weighted by atomic mass is 32.1. The van der Waals surface area contributed by atoms with Crippen molar-refractivity contribution >= 4 is 28.9 Å². The number of likely N-dealkylation sites (N-methyl/N-ethyl adjacent to an activating group) is 1. The molecule has 1 heterocycles. The van der Waals surface area contributed by atoms with Gasteiger partial charge in [0, 0.05) is 30.0 Å². The third-order valence-electron chi connectivity index (χ3n) is 6.84. The maximum atomic E-state index is 13.9. The first-order chi connectivity index (χ1) is 16.8. The van der Waals surface area contributed by atoms with Gasteiger partial charge in [0.1, 0.15) is 0 Å². The van der Waals surface area contributed by atoms with Crippen molar-refractivity contribution in [1.82, 2.24) is 10.2 Å². The molecule has 1 N–H and O–H groups in total. The Morgan fingerprint density at radius 2 is 1.74 bits per heavy atom. The number of rotatable bonds is 9. The van der Waals surface area contributed by atoms with E-state index in [-0.39, 0.29) is 5.91 Å². The molecule has 188 valence electrons. The Labute approximate surface area is 214 Å². The first kappa shape index (κ1) is 26.5. The maximum Gasteiger partial charge on any atom is 0.253 e. The molecule has 0 fully saturated rings. The van der Waals surface area contributed by atoms with E-state index in [1.54, 1.807) is 14.2 Å². The lowest BCUT2D eigenvalue weighted by Gasteiger charge is -2.39. The fourth-order valence-corrected chi connectivity index (χ4v) is 4.93. The lowest BCUT2D eigenvalue weighted by molar-refractivity contribution is -0.127. The van der Waals surface area contributed by atoms with Gasteiger partial charge in [-0.2, -0.15) is 0 Å². The van der Waals surface area contributed by atoms with Crippen molar-refractivity contribution in [3.63, 3.8) is 0 Å². The zero-order valence-corrected chi connectivity index (χ0v) is 22.7.